The minimum Gasteiger partial charge on any atom is -0.496 e. The van der Waals surface area contributed by atoms with Gasteiger partial charge in [0.1, 0.15) is 5.75 Å². The minimum atomic E-state index is -0.452. The van der Waals surface area contributed by atoms with Crippen LogP contribution in [0.4, 0.5) is 0 Å². The van der Waals surface area contributed by atoms with E-state index in [1.165, 1.54) is 32.1 Å². The maximum atomic E-state index is 10.2. The predicted molar refractivity (Wildman–Crippen MR) is 77.4 cm³/mol. The van der Waals surface area contributed by atoms with Gasteiger partial charge in [-0.3, -0.25) is 0 Å². The Morgan fingerprint density at radius 3 is 2.74 bits per heavy atom. The van der Waals surface area contributed by atoms with Gasteiger partial charge in [-0.05, 0) is 31.9 Å². The molecule has 1 aromatic rings. The summed E-state index contributed by atoms with van der Waals surface area (Å²) in [6.07, 6.45) is 6.90. The van der Waals surface area contributed by atoms with Crippen molar-refractivity contribution in [1.82, 2.24) is 5.32 Å². The Morgan fingerprint density at radius 1 is 1.26 bits per heavy atom. The molecule has 1 saturated carbocycles. The Hall–Kier alpha value is -1.06. The van der Waals surface area contributed by atoms with Crippen LogP contribution in [-0.2, 0) is 0 Å². The summed E-state index contributed by atoms with van der Waals surface area (Å²) in [4.78, 5) is 0. The summed E-state index contributed by atoms with van der Waals surface area (Å²) in [5.74, 6) is 0.771. The SMILES string of the molecule is COc1ccccc1C(O)CCNC1CCCCC1. The number of ether oxygens (including phenoxy) is 1. The number of aliphatic hydroxyl groups is 1. The molecule has 2 rings (SSSR count). The lowest BCUT2D eigenvalue weighted by Crippen LogP contribution is -2.32. The van der Waals surface area contributed by atoms with Gasteiger partial charge in [0.2, 0.25) is 0 Å². The number of rotatable bonds is 6. The summed E-state index contributed by atoms with van der Waals surface area (Å²) in [5.41, 5.74) is 0.885. The highest BCUT2D eigenvalue weighted by molar-refractivity contribution is 5.34. The largest absolute Gasteiger partial charge is 0.496 e. The second-order valence-corrected chi connectivity index (χ2v) is 5.34. The van der Waals surface area contributed by atoms with E-state index in [9.17, 15) is 5.11 Å². The van der Waals surface area contributed by atoms with E-state index in [-0.39, 0.29) is 0 Å². The number of aliphatic hydroxyl groups excluding tert-OH is 1. The molecule has 0 amide bonds. The number of para-hydroxylation sites is 1. The van der Waals surface area contributed by atoms with Gasteiger partial charge in [-0.25, -0.2) is 0 Å². The van der Waals surface area contributed by atoms with Crippen molar-refractivity contribution >= 4 is 0 Å². The normalized spacial score (nSPS) is 18.2. The lowest BCUT2D eigenvalue weighted by Gasteiger charge is -2.23. The summed E-state index contributed by atoms with van der Waals surface area (Å²) in [7, 11) is 1.64. The molecule has 0 radical (unpaired) electrons. The molecule has 106 valence electrons. The molecule has 0 saturated heterocycles. The first-order chi connectivity index (χ1) is 9.31. The topological polar surface area (TPSA) is 41.5 Å². The van der Waals surface area contributed by atoms with Gasteiger partial charge in [0.05, 0.1) is 13.2 Å². The molecule has 1 aliphatic carbocycles. The lowest BCUT2D eigenvalue weighted by molar-refractivity contribution is 0.160. The number of nitrogens with one attached hydrogen (secondary N) is 1. The van der Waals surface area contributed by atoms with Gasteiger partial charge in [-0.2, -0.15) is 0 Å². The van der Waals surface area contributed by atoms with Gasteiger partial charge in [0.25, 0.3) is 0 Å². The van der Waals surface area contributed by atoms with E-state index in [2.05, 4.69) is 5.32 Å². The van der Waals surface area contributed by atoms with Gasteiger partial charge in [0.15, 0.2) is 0 Å². The first kappa shape index (κ1) is 14.4. The smallest absolute Gasteiger partial charge is 0.124 e. The Labute approximate surface area is 116 Å². The third-order valence-electron chi connectivity index (χ3n) is 3.95. The standard InChI is InChI=1S/C16H25NO2/c1-19-16-10-6-5-9-14(16)15(18)11-12-17-13-7-3-2-4-8-13/h5-6,9-10,13,15,17-18H,2-4,7-8,11-12H2,1H3. The molecule has 3 nitrogen and oxygen atoms in total. The fourth-order valence-corrected chi connectivity index (χ4v) is 2.83. The van der Waals surface area contributed by atoms with Crippen molar-refractivity contribution in [3.8, 4) is 5.75 Å². The summed E-state index contributed by atoms with van der Waals surface area (Å²) < 4.78 is 5.28. The zero-order chi connectivity index (χ0) is 13.5. The molecule has 0 aliphatic heterocycles. The average Bonchev–Trinajstić information content (AvgIpc) is 2.48. The maximum absolute atomic E-state index is 10.2. The van der Waals surface area contributed by atoms with E-state index >= 15 is 0 Å². The minimum absolute atomic E-state index is 0.452. The second-order valence-electron chi connectivity index (χ2n) is 5.34. The number of hydrogen-bond acceptors (Lipinski definition) is 3. The van der Waals surface area contributed by atoms with Gasteiger partial charge in [-0.15, -0.1) is 0 Å². The quantitative estimate of drug-likeness (QED) is 0.829. The third-order valence-corrected chi connectivity index (χ3v) is 3.95. The van der Waals surface area contributed by atoms with Crippen molar-refractivity contribution < 1.29 is 9.84 Å². The van der Waals surface area contributed by atoms with Crippen molar-refractivity contribution in [3.05, 3.63) is 29.8 Å². The number of benzene rings is 1. The fraction of sp³-hybridized carbons (Fsp3) is 0.625. The zero-order valence-corrected chi connectivity index (χ0v) is 11.8. The summed E-state index contributed by atoms with van der Waals surface area (Å²) in [6.45, 7) is 0.865. The average molecular weight is 263 g/mol. The molecule has 1 unspecified atom stereocenters. The number of methoxy groups -OCH3 is 1. The summed E-state index contributed by atoms with van der Waals surface area (Å²) in [5, 5.41) is 13.8. The highest BCUT2D eigenvalue weighted by Gasteiger charge is 2.15. The van der Waals surface area contributed by atoms with Crippen molar-refractivity contribution in [3.63, 3.8) is 0 Å². The second kappa shape index (κ2) is 7.51. The van der Waals surface area contributed by atoms with E-state index in [1.807, 2.05) is 24.3 Å². The Bertz CT molecular complexity index is 375. The van der Waals surface area contributed by atoms with Gasteiger partial charge >= 0.3 is 0 Å². The first-order valence-corrected chi connectivity index (χ1v) is 7.35. The molecule has 1 fully saturated rings. The van der Waals surface area contributed by atoms with Crippen LogP contribution in [0.3, 0.4) is 0 Å². The van der Waals surface area contributed by atoms with Crippen LogP contribution < -0.4 is 10.1 Å². The highest BCUT2D eigenvalue weighted by Crippen LogP contribution is 2.26. The zero-order valence-electron chi connectivity index (χ0n) is 11.8. The van der Waals surface area contributed by atoms with Crippen molar-refractivity contribution in [2.24, 2.45) is 0 Å². The molecule has 19 heavy (non-hydrogen) atoms. The first-order valence-electron chi connectivity index (χ1n) is 7.35. The molecule has 0 spiro atoms. The number of hydrogen-bond donors (Lipinski definition) is 2. The van der Waals surface area contributed by atoms with Crippen LogP contribution in [-0.4, -0.2) is 24.8 Å². The molecule has 1 aliphatic rings. The van der Waals surface area contributed by atoms with Crippen LogP contribution in [0.2, 0.25) is 0 Å². The van der Waals surface area contributed by atoms with Crippen LogP contribution in [0.15, 0.2) is 24.3 Å². The van der Waals surface area contributed by atoms with Crippen LogP contribution >= 0.6 is 0 Å². The summed E-state index contributed by atoms with van der Waals surface area (Å²) >= 11 is 0. The molecular weight excluding hydrogens is 238 g/mol. The highest BCUT2D eigenvalue weighted by atomic mass is 16.5. The van der Waals surface area contributed by atoms with E-state index < -0.39 is 6.10 Å². The Balaban J connectivity index is 1.78. The van der Waals surface area contributed by atoms with E-state index in [1.54, 1.807) is 7.11 Å². The lowest BCUT2D eigenvalue weighted by atomic mass is 9.95. The van der Waals surface area contributed by atoms with E-state index in [0.717, 1.165) is 24.3 Å². The monoisotopic (exact) mass is 263 g/mol. The van der Waals surface area contributed by atoms with Gasteiger partial charge in [-0.1, -0.05) is 37.5 Å². The van der Waals surface area contributed by atoms with Crippen LogP contribution in [0.1, 0.15) is 50.2 Å². The van der Waals surface area contributed by atoms with Crippen molar-refractivity contribution in [1.29, 1.82) is 0 Å². The summed E-state index contributed by atoms with van der Waals surface area (Å²) in [6, 6.07) is 8.35. The predicted octanol–water partition coefficient (Wildman–Crippen LogP) is 3.04. The van der Waals surface area contributed by atoms with Crippen LogP contribution in [0.25, 0.3) is 0 Å². The molecule has 3 heteroatoms. The molecule has 1 aromatic carbocycles. The van der Waals surface area contributed by atoms with E-state index in [0.29, 0.717) is 6.04 Å². The van der Waals surface area contributed by atoms with Crippen molar-refractivity contribution in [2.45, 2.75) is 50.7 Å². The molecule has 0 heterocycles. The van der Waals surface area contributed by atoms with Gasteiger partial charge < -0.3 is 15.2 Å². The third kappa shape index (κ3) is 4.22. The van der Waals surface area contributed by atoms with Crippen molar-refractivity contribution in [2.75, 3.05) is 13.7 Å². The molecule has 1 atom stereocenters. The Kier molecular flexibility index (Phi) is 5.67. The molecular formula is C16H25NO2. The fourth-order valence-electron chi connectivity index (χ4n) is 2.83. The molecule has 0 aromatic heterocycles. The molecule has 0 bridgehead atoms. The van der Waals surface area contributed by atoms with E-state index in [4.69, 9.17) is 4.74 Å². The molecule has 2 N–H and O–H groups in total. The maximum Gasteiger partial charge on any atom is 0.124 e. The van der Waals surface area contributed by atoms with Crippen LogP contribution in [0.5, 0.6) is 5.75 Å². The van der Waals surface area contributed by atoms with Crippen LogP contribution in [0, 0.1) is 0 Å². The van der Waals surface area contributed by atoms with Gasteiger partial charge in [0, 0.05) is 11.6 Å². The Morgan fingerprint density at radius 2 is 2.00 bits per heavy atom.